The maximum absolute atomic E-state index is 4.12. The molecule has 2 aliphatic rings. The predicted octanol–water partition coefficient (Wildman–Crippen LogP) is 2.93. The lowest BCUT2D eigenvalue weighted by Gasteiger charge is -2.22. The topological polar surface area (TPSA) is 28.2 Å². The van der Waals surface area contributed by atoms with Crippen molar-refractivity contribution in [3.05, 3.63) is 71.1 Å². The summed E-state index contributed by atoms with van der Waals surface area (Å²) in [4.78, 5) is 4.12. The van der Waals surface area contributed by atoms with Gasteiger partial charge in [-0.2, -0.15) is 0 Å². The summed E-state index contributed by atoms with van der Waals surface area (Å²) in [5.74, 6) is 0. The average Bonchev–Trinajstić information content (AvgIpc) is 2.86. The Morgan fingerprint density at radius 3 is 2.75 bits per heavy atom. The van der Waals surface area contributed by atoms with E-state index in [1.54, 1.807) is 0 Å². The zero-order valence-electron chi connectivity index (χ0n) is 11.5. The van der Waals surface area contributed by atoms with E-state index in [0.29, 0.717) is 0 Å². The molecule has 20 heavy (non-hydrogen) atoms. The lowest BCUT2D eigenvalue weighted by molar-refractivity contribution is 0.345. The molecule has 1 unspecified atom stereocenters. The molecule has 1 aromatic carbocycles. The molecule has 0 saturated carbocycles. The van der Waals surface area contributed by atoms with Crippen molar-refractivity contribution in [2.24, 2.45) is 0 Å². The Morgan fingerprint density at radius 2 is 1.90 bits per heavy atom. The van der Waals surface area contributed by atoms with E-state index in [0.717, 1.165) is 12.8 Å². The van der Waals surface area contributed by atoms with Gasteiger partial charge in [0, 0.05) is 25.0 Å². The molecule has 1 aromatic heterocycles. The summed E-state index contributed by atoms with van der Waals surface area (Å²) in [6.07, 6.45) is 5.99. The lowest BCUT2D eigenvalue weighted by Crippen LogP contribution is -2.29. The van der Waals surface area contributed by atoms with Crippen LogP contribution in [0.3, 0.4) is 0 Å². The van der Waals surface area contributed by atoms with E-state index in [2.05, 4.69) is 58.9 Å². The number of nitrogens with zero attached hydrogens (tertiary/aromatic N) is 2. The second-order valence-corrected chi connectivity index (χ2v) is 5.43. The summed E-state index contributed by atoms with van der Waals surface area (Å²) in [6, 6.07) is 13.2. The quantitative estimate of drug-likeness (QED) is 0.857. The second-order valence-electron chi connectivity index (χ2n) is 5.43. The van der Waals surface area contributed by atoms with E-state index in [9.17, 15) is 0 Å². The van der Waals surface area contributed by atoms with Crippen molar-refractivity contribution in [2.45, 2.75) is 18.9 Å². The molecule has 3 nitrogen and oxygen atoms in total. The van der Waals surface area contributed by atoms with Crippen molar-refractivity contribution >= 4 is 5.70 Å². The fourth-order valence-electron chi connectivity index (χ4n) is 3.37. The van der Waals surface area contributed by atoms with Gasteiger partial charge in [0.1, 0.15) is 0 Å². The summed E-state index contributed by atoms with van der Waals surface area (Å²) in [5, 5.41) is 2.18. The minimum Gasteiger partial charge on any atom is -0.310 e. The fraction of sp³-hybridized carbons (Fsp3) is 0.235. The molecule has 1 aliphatic carbocycles. The number of nitrogens with one attached hydrogen (secondary N) is 1. The van der Waals surface area contributed by atoms with Crippen molar-refractivity contribution in [3.8, 4) is 0 Å². The highest BCUT2D eigenvalue weighted by molar-refractivity contribution is 5.74. The van der Waals surface area contributed by atoms with Gasteiger partial charge in [0.05, 0.1) is 11.7 Å². The number of rotatable bonds is 1. The third-order valence-electron chi connectivity index (χ3n) is 4.29. The normalized spacial score (nSPS) is 20.9. The molecule has 0 radical (unpaired) electrons. The molecule has 2 aromatic rings. The van der Waals surface area contributed by atoms with Crippen molar-refractivity contribution < 1.29 is 0 Å². The molecule has 0 bridgehead atoms. The molecular formula is C17H17N3. The average molecular weight is 263 g/mol. The monoisotopic (exact) mass is 263 g/mol. The molecular weight excluding hydrogens is 246 g/mol. The van der Waals surface area contributed by atoms with E-state index in [1.807, 2.05) is 12.4 Å². The highest BCUT2D eigenvalue weighted by atomic mass is 15.5. The number of hydrogen-bond donors (Lipinski definition) is 1. The molecule has 0 spiro atoms. The SMILES string of the molecule is CN1NC(c2ccncc2)C2=C1c1ccccc1CC2. The Balaban J connectivity index is 1.84. The summed E-state index contributed by atoms with van der Waals surface area (Å²) < 4.78 is 0. The van der Waals surface area contributed by atoms with Gasteiger partial charge in [0.15, 0.2) is 0 Å². The largest absolute Gasteiger partial charge is 0.310 e. The molecule has 0 fully saturated rings. The maximum atomic E-state index is 4.12. The van der Waals surface area contributed by atoms with E-state index < -0.39 is 0 Å². The van der Waals surface area contributed by atoms with Crippen LogP contribution in [-0.2, 0) is 6.42 Å². The Hall–Kier alpha value is -2.13. The molecule has 1 N–H and O–H groups in total. The Morgan fingerprint density at radius 1 is 1.10 bits per heavy atom. The van der Waals surface area contributed by atoms with Gasteiger partial charge < -0.3 is 5.01 Å². The first-order valence-corrected chi connectivity index (χ1v) is 7.06. The molecule has 100 valence electrons. The van der Waals surface area contributed by atoms with Gasteiger partial charge >= 0.3 is 0 Å². The van der Waals surface area contributed by atoms with Gasteiger partial charge in [0.25, 0.3) is 0 Å². The van der Waals surface area contributed by atoms with Gasteiger partial charge in [-0.1, -0.05) is 24.3 Å². The Kier molecular flexibility index (Phi) is 2.60. The molecule has 4 rings (SSSR count). The molecule has 0 amide bonds. The van der Waals surface area contributed by atoms with Crippen LogP contribution >= 0.6 is 0 Å². The third kappa shape index (κ3) is 1.67. The first-order valence-electron chi connectivity index (χ1n) is 7.06. The number of fused-ring (bicyclic) bond motifs is 2. The highest BCUT2D eigenvalue weighted by Gasteiger charge is 2.33. The van der Waals surface area contributed by atoms with Crippen LogP contribution in [0.25, 0.3) is 5.70 Å². The van der Waals surface area contributed by atoms with Gasteiger partial charge in [-0.05, 0) is 41.7 Å². The van der Waals surface area contributed by atoms with Crippen LogP contribution in [-0.4, -0.2) is 17.0 Å². The van der Waals surface area contributed by atoms with E-state index in [4.69, 9.17) is 0 Å². The number of aromatic nitrogens is 1. The zero-order chi connectivity index (χ0) is 13.5. The van der Waals surface area contributed by atoms with Crippen LogP contribution in [0, 0.1) is 0 Å². The van der Waals surface area contributed by atoms with Crippen LogP contribution in [0.1, 0.15) is 29.2 Å². The molecule has 1 aliphatic heterocycles. The number of hydrazine groups is 1. The van der Waals surface area contributed by atoms with Crippen LogP contribution < -0.4 is 5.43 Å². The van der Waals surface area contributed by atoms with Gasteiger partial charge in [-0.3, -0.25) is 4.98 Å². The number of benzene rings is 1. The highest BCUT2D eigenvalue weighted by Crippen LogP contribution is 2.42. The maximum Gasteiger partial charge on any atom is 0.0747 e. The minimum absolute atomic E-state index is 0.284. The minimum atomic E-state index is 0.284. The summed E-state index contributed by atoms with van der Waals surface area (Å²) in [7, 11) is 2.11. The van der Waals surface area contributed by atoms with E-state index in [1.165, 1.54) is 28.0 Å². The van der Waals surface area contributed by atoms with Crippen molar-refractivity contribution in [3.63, 3.8) is 0 Å². The molecule has 3 heteroatoms. The van der Waals surface area contributed by atoms with Gasteiger partial charge in [-0.15, -0.1) is 0 Å². The predicted molar refractivity (Wildman–Crippen MR) is 79.6 cm³/mol. The van der Waals surface area contributed by atoms with E-state index >= 15 is 0 Å². The van der Waals surface area contributed by atoms with Crippen molar-refractivity contribution in [1.82, 2.24) is 15.4 Å². The lowest BCUT2D eigenvalue weighted by atomic mass is 9.85. The first-order chi connectivity index (χ1) is 9.84. The van der Waals surface area contributed by atoms with E-state index in [-0.39, 0.29) is 6.04 Å². The summed E-state index contributed by atoms with van der Waals surface area (Å²) in [6.45, 7) is 0. The Bertz CT molecular complexity index is 676. The molecule has 2 heterocycles. The fourth-order valence-corrected chi connectivity index (χ4v) is 3.37. The third-order valence-corrected chi connectivity index (χ3v) is 4.29. The smallest absolute Gasteiger partial charge is 0.0747 e. The number of aryl methyl sites for hydroxylation is 1. The van der Waals surface area contributed by atoms with Crippen LogP contribution in [0.5, 0.6) is 0 Å². The standard InChI is InChI=1S/C17H17N3/c1-20-17-14-5-3-2-4-12(14)6-7-15(17)16(19-20)13-8-10-18-11-9-13/h2-5,8-11,16,19H,6-7H2,1H3. The van der Waals surface area contributed by atoms with Gasteiger partial charge in [-0.25, -0.2) is 5.43 Å². The van der Waals surface area contributed by atoms with Crippen LogP contribution in [0.15, 0.2) is 54.4 Å². The summed E-state index contributed by atoms with van der Waals surface area (Å²) in [5.41, 5.74) is 10.6. The molecule has 0 saturated heterocycles. The molecule has 1 atom stereocenters. The Labute approximate surface area is 118 Å². The zero-order valence-corrected chi connectivity index (χ0v) is 11.5. The second kappa shape index (κ2) is 4.46. The first kappa shape index (κ1) is 11.7. The van der Waals surface area contributed by atoms with Crippen molar-refractivity contribution in [2.75, 3.05) is 7.05 Å². The van der Waals surface area contributed by atoms with Gasteiger partial charge in [0.2, 0.25) is 0 Å². The number of hydrogen-bond acceptors (Lipinski definition) is 3. The van der Waals surface area contributed by atoms with Crippen LogP contribution in [0.2, 0.25) is 0 Å². The summed E-state index contributed by atoms with van der Waals surface area (Å²) >= 11 is 0. The van der Waals surface area contributed by atoms with Crippen LogP contribution in [0.4, 0.5) is 0 Å². The van der Waals surface area contributed by atoms with Crippen molar-refractivity contribution in [1.29, 1.82) is 0 Å². The number of pyridine rings is 1.